The molecule has 0 amide bonds. The summed E-state index contributed by atoms with van der Waals surface area (Å²) in [6.45, 7) is 2.04. The second-order valence-corrected chi connectivity index (χ2v) is 5.75. The van der Waals surface area contributed by atoms with Crippen LogP contribution in [0.2, 0.25) is 0 Å². The van der Waals surface area contributed by atoms with E-state index < -0.39 is 6.10 Å². The number of aliphatic hydroxyl groups is 1. The number of benzene rings is 2. The van der Waals surface area contributed by atoms with Crippen molar-refractivity contribution >= 4 is 22.1 Å². The van der Waals surface area contributed by atoms with Gasteiger partial charge in [-0.1, -0.05) is 36.4 Å². The Morgan fingerprint density at radius 3 is 2.70 bits per heavy atom. The maximum atomic E-state index is 10.7. The smallest absolute Gasteiger partial charge is 0.129 e. The molecule has 1 unspecified atom stereocenters. The highest BCUT2D eigenvalue weighted by atomic mass is 32.1. The summed E-state index contributed by atoms with van der Waals surface area (Å²) < 4.78 is 5.20. The van der Waals surface area contributed by atoms with Crippen LogP contribution in [0.1, 0.15) is 22.1 Å². The lowest BCUT2D eigenvalue weighted by Crippen LogP contribution is -2.01. The molecule has 0 aliphatic carbocycles. The summed E-state index contributed by atoms with van der Waals surface area (Å²) in [7, 11) is 1.64. The van der Waals surface area contributed by atoms with Crippen LogP contribution in [0, 0.1) is 6.92 Å². The Bertz CT molecular complexity index is 746. The molecule has 3 aromatic rings. The molecule has 3 heteroatoms. The third kappa shape index (κ3) is 2.19. The highest BCUT2D eigenvalue weighted by Gasteiger charge is 2.18. The summed E-state index contributed by atoms with van der Waals surface area (Å²) in [6, 6.07) is 14.2. The van der Waals surface area contributed by atoms with Gasteiger partial charge in [0.15, 0.2) is 0 Å². The van der Waals surface area contributed by atoms with Crippen LogP contribution in [0.5, 0.6) is 5.75 Å². The number of fused-ring (bicyclic) bond motifs is 1. The molecule has 1 N–H and O–H groups in total. The molecule has 102 valence electrons. The largest absolute Gasteiger partial charge is 0.496 e. The van der Waals surface area contributed by atoms with Crippen molar-refractivity contribution in [2.45, 2.75) is 13.0 Å². The van der Waals surface area contributed by atoms with Crippen molar-refractivity contribution in [1.29, 1.82) is 0 Å². The van der Waals surface area contributed by atoms with Crippen LogP contribution in [0.25, 0.3) is 10.8 Å². The van der Waals surface area contributed by atoms with E-state index in [0.717, 1.165) is 32.5 Å². The summed E-state index contributed by atoms with van der Waals surface area (Å²) in [5, 5.41) is 14.9. The van der Waals surface area contributed by atoms with E-state index in [2.05, 4.69) is 24.3 Å². The lowest BCUT2D eigenvalue weighted by Gasteiger charge is -2.15. The topological polar surface area (TPSA) is 29.5 Å². The van der Waals surface area contributed by atoms with E-state index in [1.165, 1.54) is 11.3 Å². The van der Waals surface area contributed by atoms with Crippen molar-refractivity contribution in [2.24, 2.45) is 0 Å². The minimum Gasteiger partial charge on any atom is -0.496 e. The number of ether oxygens (including phenoxy) is 1. The number of aliphatic hydroxyl groups excluding tert-OH is 1. The van der Waals surface area contributed by atoms with Gasteiger partial charge in [-0.25, -0.2) is 0 Å². The molecule has 0 fully saturated rings. The van der Waals surface area contributed by atoms with Crippen molar-refractivity contribution in [2.75, 3.05) is 7.11 Å². The normalized spacial score (nSPS) is 12.6. The fourth-order valence-corrected chi connectivity index (χ4v) is 3.34. The molecule has 0 aliphatic heterocycles. The van der Waals surface area contributed by atoms with Crippen molar-refractivity contribution in [1.82, 2.24) is 0 Å². The molecule has 0 spiro atoms. The van der Waals surface area contributed by atoms with E-state index in [0.29, 0.717) is 0 Å². The number of hydrogen-bond donors (Lipinski definition) is 1. The molecule has 0 saturated carbocycles. The standard InChI is InChI=1S/C17H16O2S/c1-11-7-8-12-5-3-4-6-14(12)16(11)17(18)15-9-13(19-2)10-20-15/h3-10,17-18H,1-2H3. The number of aryl methyl sites for hydroxylation is 1. The maximum Gasteiger partial charge on any atom is 0.129 e. The maximum absolute atomic E-state index is 10.7. The summed E-state index contributed by atoms with van der Waals surface area (Å²) in [6.07, 6.45) is -0.616. The molecular formula is C17H16O2S. The Kier molecular flexibility index (Phi) is 3.47. The summed E-state index contributed by atoms with van der Waals surface area (Å²) in [5.41, 5.74) is 2.08. The average molecular weight is 284 g/mol. The van der Waals surface area contributed by atoms with Crippen molar-refractivity contribution in [3.8, 4) is 5.75 Å². The van der Waals surface area contributed by atoms with Crippen molar-refractivity contribution in [3.05, 3.63) is 63.8 Å². The van der Waals surface area contributed by atoms with E-state index >= 15 is 0 Å². The van der Waals surface area contributed by atoms with Crippen LogP contribution < -0.4 is 4.74 Å². The molecule has 20 heavy (non-hydrogen) atoms. The molecule has 2 nitrogen and oxygen atoms in total. The van der Waals surface area contributed by atoms with Gasteiger partial charge in [0.1, 0.15) is 11.9 Å². The monoisotopic (exact) mass is 284 g/mol. The molecular weight excluding hydrogens is 268 g/mol. The van der Waals surface area contributed by atoms with Gasteiger partial charge in [0.05, 0.1) is 7.11 Å². The Morgan fingerprint density at radius 1 is 1.15 bits per heavy atom. The molecule has 1 atom stereocenters. The van der Waals surface area contributed by atoms with Crippen LogP contribution in [-0.2, 0) is 0 Å². The first-order valence-electron chi connectivity index (χ1n) is 6.49. The first-order valence-corrected chi connectivity index (χ1v) is 7.37. The van der Waals surface area contributed by atoms with E-state index in [-0.39, 0.29) is 0 Å². The Morgan fingerprint density at radius 2 is 1.95 bits per heavy atom. The first kappa shape index (κ1) is 13.2. The molecule has 2 aromatic carbocycles. The lowest BCUT2D eigenvalue weighted by atomic mass is 9.95. The van der Waals surface area contributed by atoms with Gasteiger partial charge in [-0.05, 0) is 34.9 Å². The van der Waals surface area contributed by atoms with Crippen LogP contribution in [0.15, 0.2) is 47.8 Å². The Hall–Kier alpha value is -1.84. The third-order valence-electron chi connectivity index (χ3n) is 3.56. The van der Waals surface area contributed by atoms with Gasteiger partial charge in [0.25, 0.3) is 0 Å². The molecule has 1 aromatic heterocycles. The van der Waals surface area contributed by atoms with Crippen molar-refractivity contribution < 1.29 is 9.84 Å². The number of hydrogen-bond acceptors (Lipinski definition) is 3. The molecule has 0 aliphatic rings. The zero-order chi connectivity index (χ0) is 14.1. The lowest BCUT2D eigenvalue weighted by molar-refractivity contribution is 0.224. The molecule has 1 heterocycles. The summed E-state index contributed by atoms with van der Waals surface area (Å²) >= 11 is 1.52. The van der Waals surface area contributed by atoms with Gasteiger partial charge in [0, 0.05) is 10.3 Å². The fourth-order valence-electron chi connectivity index (χ4n) is 2.49. The molecule has 0 radical (unpaired) electrons. The van der Waals surface area contributed by atoms with E-state index in [4.69, 9.17) is 4.74 Å². The van der Waals surface area contributed by atoms with Crippen LogP contribution in [-0.4, -0.2) is 12.2 Å². The van der Waals surface area contributed by atoms with Gasteiger partial charge in [-0.2, -0.15) is 0 Å². The van der Waals surface area contributed by atoms with Crippen molar-refractivity contribution in [3.63, 3.8) is 0 Å². The summed E-state index contributed by atoms with van der Waals surface area (Å²) in [4.78, 5) is 0.904. The highest BCUT2D eigenvalue weighted by molar-refractivity contribution is 7.10. The summed E-state index contributed by atoms with van der Waals surface area (Å²) in [5.74, 6) is 0.793. The van der Waals surface area contributed by atoms with E-state index in [9.17, 15) is 5.11 Å². The van der Waals surface area contributed by atoms with Gasteiger partial charge in [0.2, 0.25) is 0 Å². The minimum atomic E-state index is -0.616. The highest BCUT2D eigenvalue weighted by Crippen LogP contribution is 2.35. The van der Waals surface area contributed by atoms with Crippen LogP contribution in [0.4, 0.5) is 0 Å². The SMILES string of the molecule is COc1csc(C(O)c2c(C)ccc3ccccc23)c1. The predicted molar refractivity (Wildman–Crippen MR) is 83.6 cm³/mol. The van der Waals surface area contributed by atoms with E-state index in [1.54, 1.807) is 7.11 Å². The third-order valence-corrected chi connectivity index (χ3v) is 4.53. The zero-order valence-electron chi connectivity index (χ0n) is 11.5. The fraction of sp³-hybridized carbons (Fsp3) is 0.176. The predicted octanol–water partition coefficient (Wildman–Crippen LogP) is 4.30. The quantitative estimate of drug-likeness (QED) is 0.777. The number of rotatable bonds is 3. The first-order chi connectivity index (χ1) is 9.70. The number of thiophene rings is 1. The second kappa shape index (κ2) is 5.27. The average Bonchev–Trinajstić information content (AvgIpc) is 2.95. The second-order valence-electron chi connectivity index (χ2n) is 4.81. The van der Waals surface area contributed by atoms with Gasteiger partial charge < -0.3 is 9.84 Å². The van der Waals surface area contributed by atoms with Crippen LogP contribution in [0.3, 0.4) is 0 Å². The van der Waals surface area contributed by atoms with Gasteiger partial charge >= 0.3 is 0 Å². The van der Waals surface area contributed by atoms with E-state index in [1.807, 2.05) is 30.5 Å². The molecule has 3 rings (SSSR count). The van der Waals surface area contributed by atoms with Crippen LogP contribution >= 0.6 is 11.3 Å². The number of methoxy groups -OCH3 is 1. The molecule has 0 bridgehead atoms. The zero-order valence-corrected chi connectivity index (χ0v) is 12.3. The van der Waals surface area contributed by atoms with Gasteiger partial charge in [-0.15, -0.1) is 11.3 Å². The Balaban J connectivity index is 2.15. The molecule has 0 saturated heterocycles. The van der Waals surface area contributed by atoms with Gasteiger partial charge in [-0.3, -0.25) is 0 Å². The minimum absolute atomic E-state index is 0.616. The Labute approximate surface area is 122 Å².